The van der Waals surface area contributed by atoms with Crippen molar-refractivity contribution in [2.45, 2.75) is 46.6 Å². The number of Topliss-reactive ketones (excluding diaryl/α,β-unsaturated/α-hetero) is 1. The van der Waals surface area contributed by atoms with Gasteiger partial charge in [-0.2, -0.15) is 0 Å². The maximum absolute atomic E-state index is 11.3. The molecule has 1 heterocycles. The van der Waals surface area contributed by atoms with Crippen LogP contribution in [0.5, 0.6) is 0 Å². The zero-order chi connectivity index (χ0) is 10.9. The van der Waals surface area contributed by atoms with E-state index < -0.39 is 0 Å². The number of hydrogen-bond donors (Lipinski definition) is 0. The SMILES string of the molecule is CC(=O)c1cnc(C(C)C)n1C(C)C. The highest BCUT2D eigenvalue weighted by Gasteiger charge is 2.17. The van der Waals surface area contributed by atoms with E-state index in [9.17, 15) is 4.79 Å². The molecule has 0 saturated heterocycles. The molecule has 0 aliphatic carbocycles. The van der Waals surface area contributed by atoms with Crippen LogP contribution in [0.1, 0.15) is 62.9 Å². The molecule has 0 aliphatic heterocycles. The summed E-state index contributed by atoms with van der Waals surface area (Å²) >= 11 is 0. The van der Waals surface area contributed by atoms with E-state index in [-0.39, 0.29) is 11.8 Å². The van der Waals surface area contributed by atoms with Crippen molar-refractivity contribution in [2.75, 3.05) is 0 Å². The maximum Gasteiger partial charge on any atom is 0.177 e. The van der Waals surface area contributed by atoms with Crippen molar-refractivity contribution in [3.8, 4) is 0 Å². The zero-order valence-corrected chi connectivity index (χ0v) is 9.53. The average Bonchev–Trinajstić information content (AvgIpc) is 2.46. The van der Waals surface area contributed by atoms with Crippen molar-refractivity contribution in [1.29, 1.82) is 0 Å². The summed E-state index contributed by atoms with van der Waals surface area (Å²) in [5, 5.41) is 0. The van der Waals surface area contributed by atoms with Crippen LogP contribution in [0.25, 0.3) is 0 Å². The van der Waals surface area contributed by atoms with Gasteiger partial charge in [0.2, 0.25) is 0 Å². The van der Waals surface area contributed by atoms with Crippen LogP contribution in [0.3, 0.4) is 0 Å². The predicted octanol–water partition coefficient (Wildman–Crippen LogP) is 2.79. The molecule has 0 aromatic carbocycles. The Morgan fingerprint density at radius 1 is 1.36 bits per heavy atom. The first kappa shape index (κ1) is 11.0. The van der Waals surface area contributed by atoms with Crippen LogP contribution in [0.2, 0.25) is 0 Å². The van der Waals surface area contributed by atoms with Gasteiger partial charge in [0.25, 0.3) is 0 Å². The van der Waals surface area contributed by atoms with Crippen LogP contribution in [0.4, 0.5) is 0 Å². The van der Waals surface area contributed by atoms with Crippen LogP contribution in [0.15, 0.2) is 6.20 Å². The lowest BCUT2D eigenvalue weighted by molar-refractivity contribution is 0.100. The van der Waals surface area contributed by atoms with Crippen LogP contribution in [0, 0.1) is 0 Å². The van der Waals surface area contributed by atoms with E-state index in [0.717, 1.165) is 5.82 Å². The molecular weight excluding hydrogens is 176 g/mol. The number of ketones is 1. The largest absolute Gasteiger partial charge is 0.323 e. The second-order valence-electron chi connectivity index (χ2n) is 4.18. The fourth-order valence-corrected chi connectivity index (χ4v) is 1.61. The van der Waals surface area contributed by atoms with Gasteiger partial charge in [0.1, 0.15) is 11.5 Å². The average molecular weight is 194 g/mol. The Hall–Kier alpha value is -1.12. The fraction of sp³-hybridized carbons (Fsp3) is 0.636. The third-order valence-electron chi connectivity index (χ3n) is 2.22. The van der Waals surface area contributed by atoms with Crippen molar-refractivity contribution in [3.05, 3.63) is 17.7 Å². The van der Waals surface area contributed by atoms with Gasteiger partial charge in [-0.1, -0.05) is 13.8 Å². The second kappa shape index (κ2) is 3.95. The van der Waals surface area contributed by atoms with Gasteiger partial charge >= 0.3 is 0 Å². The number of carbonyl (C=O) groups is 1. The van der Waals surface area contributed by atoms with E-state index >= 15 is 0 Å². The van der Waals surface area contributed by atoms with Crippen molar-refractivity contribution in [1.82, 2.24) is 9.55 Å². The molecule has 0 spiro atoms. The molecule has 0 fully saturated rings. The summed E-state index contributed by atoms with van der Waals surface area (Å²) in [5.74, 6) is 1.42. The Labute approximate surface area is 85.2 Å². The maximum atomic E-state index is 11.3. The van der Waals surface area contributed by atoms with E-state index in [2.05, 4.69) is 32.7 Å². The topological polar surface area (TPSA) is 34.9 Å². The van der Waals surface area contributed by atoms with Gasteiger partial charge in [-0.25, -0.2) is 4.98 Å². The quantitative estimate of drug-likeness (QED) is 0.693. The molecule has 0 saturated carbocycles. The van der Waals surface area contributed by atoms with Gasteiger partial charge in [0, 0.05) is 18.9 Å². The highest BCUT2D eigenvalue weighted by molar-refractivity contribution is 5.92. The first-order valence-electron chi connectivity index (χ1n) is 5.03. The van der Waals surface area contributed by atoms with Gasteiger partial charge in [0.15, 0.2) is 5.78 Å². The van der Waals surface area contributed by atoms with E-state index in [1.54, 1.807) is 13.1 Å². The number of rotatable bonds is 3. The molecule has 1 aromatic heterocycles. The predicted molar refractivity (Wildman–Crippen MR) is 56.7 cm³/mol. The number of imidazole rings is 1. The number of hydrogen-bond acceptors (Lipinski definition) is 2. The molecule has 78 valence electrons. The minimum atomic E-state index is 0.0816. The van der Waals surface area contributed by atoms with E-state index in [1.807, 2.05) is 4.57 Å². The molecule has 0 atom stereocenters. The Bertz CT molecular complexity index is 337. The lowest BCUT2D eigenvalue weighted by Crippen LogP contribution is -2.13. The highest BCUT2D eigenvalue weighted by atomic mass is 16.1. The second-order valence-corrected chi connectivity index (χ2v) is 4.18. The molecule has 1 rings (SSSR count). The van der Waals surface area contributed by atoms with E-state index in [0.29, 0.717) is 11.6 Å². The molecular formula is C11H18N2O. The lowest BCUT2D eigenvalue weighted by atomic mass is 10.2. The molecule has 0 bridgehead atoms. The fourth-order valence-electron chi connectivity index (χ4n) is 1.61. The smallest absolute Gasteiger partial charge is 0.177 e. The van der Waals surface area contributed by atoms with Crippen molar-refractivity contribution >= 4 is 5.78 Å². The van der Waals surface area contributed by atoms with Gasteiger partial charge in [-0.05, 0) is 13.8 Å². The summed E-state index contributed by atoms with van der Waals surface area (Å²) < 4.78 is 2.02. The molecule has 0 amide bonds. The molecule has 0 N–H and O–H groups in total. The molecule has 0 unspecified atom stereocenters. The van der Waals surface area contributed by atoms with Gasteiger partial charge in [-0.15, -0.1) is 0 Å². The highest BCUT2D eigenvalue weighted by Crippen LogP contribution is 2.20. The summed E-state index contributed by atoms with van der Waals surface area (Å²) in [7, 11) is 0. The number of nitrogens with zero attached hydrogens (tertiary/aromatic N) is 2. The van der Waals surface area contributed by atoms with E-state index in [4.69, 9.17) is 0 Å². The number of aromatic nitrogens is 2. The van der Waals surface area contributed by atoms with Crippen molar-refractivity contribution in [3.63, 3.8) is 0 Å². The molecule has 0 radical (unpaired) electrons. The van der Waals surface area contributed by atoms with Crippen LogP contribution >= 0.6 is 0 Å². The molecule has 3 heteroatoms. The Morgan fingerprint density at radius 2 is 1.93 bits per heavy atom. The minimum absolute atomic E-state index is 0.0816. The first-order chi connectivity index (χ1) is 6.45. The van der Waals surface area contributed by atoms with Crippen molar-refractivity contribution < 1.29 is 4.79 Å². The van der Waals surface area contributed by atoms with Gasteiger partial charge in [-0.3, -0.25) is 4.79 Å². The van der Waals surface area contributed by atoms with Gasteiger partial charge in [0.05, 0.1) is 6.20 Å². The third-order valence-corrected chi connectivity index (χ3v) is 2.22. The standard InChI is InChI=1S/C11H18N2O/c1-7(2)11-12-6-10(9(5)14)13(11)8(3)4/h6-8H,1-5H3. The van der Waals surface area contributed by atoms with E-state index in [1.165, 1.54) is 0 Å². The van der Waals surface area contributed by atoms with Crippen LogP contribution in [-0.2, 0) is 0 Å². The number of carbonyl (C=O) groups excluding carboxylic acids is 1. The molecule has 14 heavy (non-hydrogen) atoms. The van der Waals surface area contributed by atoms with Gasteiger partial charge < -0.3 is 4.57 Å². The van der Waals surface area contributed by atoms with Crippen molar-refractivity contribution in [2.24, 2.45) is 0 Å². The third kappa shape index (κ3) is 1.86. The Morgan fingerprint density at radius 3 is 2.29 bits per heavy atom. The monoisotopic (exact) mass is 194 g/mol. The Kier molecular flexibility index (Phi) is 3.09. The molecule has 3 nitrogen and oxygen atoms in total. The summed E-state index contributed by atoms with van der Waals surface area (Å²) in [4.78, 5) is 15.6. The minimum Gasteiger partial charge on any atom is -0.323 e. The first-order valence-corrected chi connectivity index (χ1v) is 5.03. The summed E-state index contributed by atoms with van der Waals surface area (Å²) in [5.41, 5.74) is 0.712. The summed E-state index contributed by atoms with van der Waals surface area (Å²) in [6, 6.07) is 0.286. The lowest BCUT2D eigenvalue weighted by Gasteiger charge is -2.16. The van der Waals surface area contributed by atoms with Crippen LogP contribution in [-0.4, -0.2) is 15.3 Å². The summed E-state index contributed by atoms with van der Waals surface area (Å²) in [6.07, 6.45) is 1.68. The molecule has 1 aromatic rings. The Balaban J connectivity index is 3.27. The normalized spacial score (nSPS) is 11.4. The van der Waals surface area contributed by atoms with Crippen LogP contribution < -0.4 is 0 Å². The summed E-state index contributed by atoms with van der Waals surface area (Å²) in [6.45, 7) is 9.90. The molecule has 0 aliphatic rings. The zero-order valence-electron chi connectivity index (χ0n) is 9.53.